The number of benzene rings is 2. The number of phenolic OH excluding ortho intramolecular Hbond substituents is 1. The molecule has 3 rings (SSSR count). The average molecular weight is 465 g/mol. The van der Waals surface area contributed by atoms with Gasteiger partial charge in [0.05, 0.1) is 10.6 Å². The number of phenols is 1. The maximum atomic E-state index is 13.2. The summed E-state index contributed by atoms with van der Waals surface area (Å²) in [6, 6.07) is 10.2. The van der Waals surface area contributed by atoms with Crippen LogP contribution in [0.4, 0.5) is 5.69 Å². The number of carbonyl (C=O) groups excluding carboxylic acids is 1. The lowest BCUT2D eigenvalue weighted by Crippen LogP contribution is -2.28. The molecule has 2 aromatic carbocycles. The molecule has 4 nitrogen and oxygen atoms in total. The first-order valence-electron chi connectivity index (χ1n) is 11.5. The molecule has 1 aliphatic heterocycles. The summed E-state index contributed by atoms with van der Waals surface area (Å²) < 4.78 is 0. The summed E-state index contributed by atoms with van der Waals surface area (Å²) in [5, 5.41) is 11.7. The minimum atomic E-state index is -0.226. The number of aliphatic imine (C=N–C) groups is 1. The molecule has 2 aromatic rings. The molecule has 0 aliphatic carbocycles. The lowest BCUT2D eigenvalue weighted by molar-refractivity contribution is -0.122. The van der Waals surface area contributed by atoms with Gasteiger partial charge in [-0.25, -0.2) is 4.99 Å². The fourth-order valence-corrected chi connectivity index (χ4v) is 4.90. The van der Waals surface area contributed by atoms with Crippen molar-refractivity contribution in [3.63, 3.8) is 0 Å². The van der Waals surface area contributed by atoms with Gasteiger partial charge in [0.25, 0.3) is 5.91 Å². The van der Waals surface area contributed by atoms with E-state index in [1.54, 1.807) is 4.90 Å². The van der Waals surface area contributed by atoms with Crippen LogP contribution in [0.1, 0.15) is 76.3 Å². The number of carbonyl (C=O) groups is 1. The summed E-state index contributed by atoms with van der Waals surface area (Å²) >= 11 is 1.41. The first kappa shape index (κ1) is 25.1. The Hall–Kier alpha value is -2.53. The van der Waals surface area contributed by atoms with Crippen LogP contribution in [-0.2, 0) is 15.6 Å². The lowest BCUT2D eigenvalue weighted by Gasteiger charge is -2.28. The van der Waals surface area contributed by atoms with E-state index in [-0.39, 0.29) is 16.7 Å². The molecule has 0 unspecified atom stereocenters. The van der Waals surface area contributed by atoms with E-state index >= 15 is 0 Å². The van der Waals surface area contributed by atoms with Crippen molar-refractivity contribution < 1.29 is 9.90 Å². The molecule has 0 atom stereocenters. The zero-order valence-electron chi connectivity index (χ0n) is 21.3. The number of thioether (sulfide) groups is 1. The van der Waals surface area contributed by atoms with Gasteiger partial charge in [-0.15, -0.1) is 0 Å². The minimum absolute atomic E-state index is 0.0331. The highest BCUT2D eigenvalue weighted by atomic mass is 32.2. The molecule has 0 spiro atoms. The van der Waals surface area contributed by atoms with Crippen LogP contribution in [0.15, 0.2) is 40.2 Å². The summed E-state index contributed by atoms with van der Waals surface area (Å²) in [6.07, 6.45) is 1.94. The zero-order chi connectivity index (χ0) is 24.7. The van der Waals surface area contributed by atoms with Gasteiger partial charge in [-0.1, -0.05) is 53.7 Å². The van der Waals surface area contributed by atoms with Gasteiger partial charge in [-0.3, -0.25) is 9.69 Å². The normalized spacial score (nSPS) is 17.5. The van der Waals surface area contributed by atoms with Crippen molar-refractivity contribution in [2.75, 3.05) is 6.54 Å². The van der Waals surface area contributed by atoms with Crippen LogP contribution in [0, 0.1) is 13.8 Å². The first-order valence-corrected chi connectivity index (χ1v) is 12.3. The summed E-state index contributed by atoms with van der Waals surface area (Å²) in [5.74, 6) is 0.309. The third-order valence-electron chi connectivity index (χ3n) is 5.83. The number of hydrogen-bond donors (Lipinski definition) is 1. The van der Waals surface area contributed by atoms with Gasteiger partial charge in [-0.05, 0) is 84.3 Å². The Morgan fingerprint density at radius 3 is 2.09 bits per heavy atom. The van der Waals surface area contributed by atoms with Crippen LogP contribution in [0.5, 0.6) is 5.75 Å². The Labute approximate surface area is 202 Å². The minimum Gasteiger partial charge on any atom is -0.507 e. The molecule has 0 saturated carbocycles. The topological polar surface area (TPSA) is 52.9 Å². The Balaban J connectivity index is 2.11. The summed E-state index contributed by atoms with van der Waals surface area (Å²) in [6.45, 7) is 19.2. The van der Waals surface area contributed by atoms with Crippen molar-refractivity contribution >= 4 is 34.6 Å². The van der Waals surface area contributed by atoms with Gasteiger partial charge in [0.2, 0.25) is 0 Å². The van der Waals surface area contributed by atoms with Gasteiger partial charge >= 0.3 is 0 Å². The summed E-state index contributed by atoms with van der Waals surface area (Å²) in [4.78, 5) is 20.5. The number of likely N-dealkylation sites (N-methyl/N-ethyl adjacent to an activating group) is 1. The van der Waals surface area contributed by atoms with Gasteiger partial charge in [-0.2, -0.15) is 0 Å². The van der Waals surface area contributed by atoms with Crippen molar-refractivity contribution in [2.24, 2.45) is 4.99 Å². The molecule has 33 heavy (non-hydrogen) atoms. The van der Waals surface area contributed by atoms with Gasteiger partial charge in [0.1, 0.15) is 5.75 Å². The molecule has 176 valence electrons. The van der Waals surface area contributed by atoms with Crippen LogP contribution in [0.25, 0.3) is 6.08 Å². The second kappa shape index (κ2) is 9.02. The fraction of sp³-hybridized carbons (Fsp3) is 0.429. The highest BCUT2D eigenvalue weighted by molar-refractivity contribution is 8.18. The number of amides is 1. The van der Waals surface area contributed by atoms with E-state index in [0.717, 1.165) is 33.5 Å². The smallest absolute Gasteiger partial charge is 0.266 e. The van der Waals surface area contributed by atoms with E-state index in [4.69, 9.17) is 4.99 Å². The van der Waals surface area contributed by atoms with Crippen molar-refractivity contribution in [1.82, 2.24) is 4.90 Å². The van der Waals surface area contributed by atoms with E-state index in [1.807, 2.05) is 45.0 Å². The second-order valence-corrected chi connectivity index (χ2v) is 11.8. The quantitative estimate of drug-likeness (QED) is 0.488. The Bertz CT molecular complexity index is 1110. The number of rotatable bonds is 3. The maximum Gasteiger partial charge on any atom is 0.266 e. The number of nitrogens with zero attached hydrogens (tertiary/aromatic N) is 2. The predicted molar refractivity (Wildman–Crippen MR) is 141 cm³/mol. The first-order chi connectivity index (χ1) is 15.2. The molecule has 1 heterocycles. The van der Waals surface area contributed by atoms with E-state index in [0.29, 0.717) is 22.4 Å². The standard InChI is InChI=1S/C28H36N2O2S/c1-10-30-25(32)23(33-26(30)29-22-13-17(2)11-12-18(22)3)16-19-14-20(27(4,5)6)24(31)21(15-19)28(7,8)9/h11-16,31H,10H2,1-9H3/b23-16+,29-26?. The van der Waals surface area contributed by atoms with Crippen molar-refractivity contribution in [3.8, 4) is 5.75 Å². The number of aromatic hydroxyl groups is 1. The Kier molecular flexibility index (Phi) is 6.86. The zero-order valence-corrected chi connectivity index (χ0v) is 22.1. The number of hydrogen-bond acceptors (Lipinski definition) is 4. The van der Waals surface area contributed by atoms with Gasteiger partial charge in [0.15, 0.2) is 5.17 Å². The number of aryl methyl sites for hydroxylation is 2. The summed E-state index contributed by atoms with van der Waals surface area (Å²) in [5.41, 5.74) is 5.34. The van der Waals surface area contributed by atoms with Gasteiger partial charge in [0, 0.05) is 17.7 Å². The molecule has 0 radical (unpaired) electrons. The van der Waals surface area contributed by atoms with Crippen molar-refractivity contribution in [2.45, 2.75) is 73.1 Å². The monoisotopic (exact) mass is 464 g/mol. The maximum absolute atomic E-state index is 13.2. The van der Waals surface area contributed by atoms with Crippen molar-refractivity contribution in [3.05, 3.63) is 63.1 Å². The third-order valence-corrected chi connectivity index (χ3v) is 6.84. The van der Waals surface area contributed by atoms with Crippen LogP contribution in [0.3, 0.4) is 0 Å². The second-order valence-electron chi connectivity index (χ2n) is 10.8. The highest BCUT2D eigenvalue weighted by Gasteiger charge is 2.33. The molecular formula is C28H36N2O2S. The van der Waals surface area contributed by atoms with Crippen molar-refractivity contribution in [1.29, 1.82) is 0 Å². The lowest BCUT2D eigenvalue weighted by atomic mass is 9.78. The van der Waals surface area contributed by atoms with E-state index in [2.05, 4.69) is 53.7 Å². The van der Waals surface area contributed by atoms with Crippen LogP contribution >= 0.6 is 11.8 Å². The SMILES string of the molecule is CCN1C(=O)/C(=C\c2cc(C(C)(C)C)c(O)c(C(C)(C)C)c2)SC1=Nc1cc(C)ccc1C. The largest absolute Gasteiger partial charge is 0.507 e. The Morgan fingerprint density at radius 2 is 1.58 bits per heavy atom. The van der Waals surface area contributed by atoms with E-state index in [9.17, 15) is 9.90 Å². The predicted octanol–water partition coefficient (Wildman–Crippen LogP) is 7.23. The molecule has 1 fully saturated rings. The number of amidine groups is 1. The third kappa shape index (κ3) is 5.35. The Morgan fingerprint density at radius 1 is 1.00 bits per heavy atom. The molecule has 0 aromatic heterocycles. The van der Waals surface area contributed by atoms with E-state index < -0.39 is 0 Å². The molecule has 1 saturated heterocycles. The molecule has 1 aliphatic rings. The average Bonchev–Trinajstić information content (AvgIpc) is 2.98. The van der Waals surface area contributed by atoms with Crippen LogP contribution in [0.2, 0.25) is 0 Å². The molecule has 5 heteroatoms. The molecule has 0 bridgehead atoms. The van der Waals surface area contributed by atoms with Crippen LogP contribution < -0.4 is 0 Å². The van der Waals surface area contributed by atoms with Crippen LogP contribution in [-0.4, -0.2) is 27.6 Å². The van der Waals surface area contributed by atoms with E-state index in [1.165, 1.54) is 11.8 Å². The highest BCUT2D eigenvalue weighted by Crippen LogP contribution is 2.41. The summed E-state index contributed by atoms with van der Waals surface area (Å²) in [7, 11) is 0. The molecule has 1 amide bonds. The fourth-order valence-electron chi connectivity index (χ4n) is 3.85. The van der Waals surface area contributed by atoms with Gasteiger partial charge < -0.3 is 5.11 Å². The molecule has 1 N–H and O–H groups in total. The molecular weight excluding hydrogens is 428 g/mol.